The second kappa shape index (κ2) is 4.43. The molecule has 19 heavy (non-hydrogen) atoms. The fourth-order valence-corrected chi connectivity index (χ4v) is 2.52. The number of nitrogens with two attached hydrogens (primary N) is 1. The Hall–Kier alpha value is -2.28. The SMILES string of the molecule is Cc1ccccc1-n1nc(C2CCC2)c(C#N)c1N. The van der Waals surface area contributed by atoms with Crippen molar-refractivity contribution in [3.63, 3.8) is 0 Å². The molecule has 96 valence electrons. The van der Waals surface area contributed by atoms with Crippen LogP contribution in [0.15, 0.2) is 24.3 Å². The van der Waals surface area contributed by atoms with Crippen LogP contribution in [0.4, 0.5) is 5.82 Å². The van der Waals surface area contributed by atoms with Crippen molar-refractivity contribution in [1.82, 2.24) is 9.78 Å². The summed E-state index contributed by atoms with van der Waals surface area (Å²) in [5.41, 5.74) is 9.57. The first-order chi connectivity index (χ1) is 9.22. The standard InChI is InChI=1S/C15H16N4/c1-10-5-2-3-8-13(10)19-15(17)12(9-16)14(18-19)11-6-4-7-11/h2-3,5,8,11H,4,6-7,17H2,1H3. The fraction of sp³-hybridized carbons (Fsp3) is 0.333. The van der Waals surface area contributed by atoms with Crippen LogP contribution in [-0.4, -0.2) is 9.78 Å². The van der Waals surface area contributed by atoms with Crippen molar-refractivity contribution >= 4 is 5.82 Å². The van der Waals surface area contributed by atoms with E-state index in [2.05, 4.69) is 11.2 Å². The molecule has 1 aromatic heterocycles. The second-order valence-corrected chi connectivity index (χ2v) is 5.08. The lowest BCUT2D eigenvalue weighted by atomic mass is 9.82. The number of nitrogen functional groups attached to an aromatic ring is 1. The molecule has 1 fully saturated rings. The number of aromatic nitrogens is 2. The van der Waals surface area contributed by atoms with E-state index < -0.39 is 0 Å². The van der Waals surface area contributed by atoms with E-state index in [-0.39, 0.29) is 0 Å². The molecule has 3 rings (SSSR count). The number of benzene rings is 1. The van der Waals surface area contributed by atoms with E-state index in [1.165, 1.54) is 6.42 Å². The predicted molar refractivity (Wildman–Crippen MR) is 74.0 cm³/mol. The molecule has 0 radical (unpaired) electrons. The predicted octanol–water partition coefficient (Wildman–Crippen LogP) is 2.90. The molecule has 0 atom stereocenters. The summed E-state index contributed by atoms with van der Waals surface area (Å²) in [4.78, 5) is 0. The third-order valence-corrected chi connectivity index (χ3v) is 3.90. The lowest BCUT2D eigenvalue weighted by molar-refractivity contribution is 0.408. The lowest BCUT2D eigenvalue weighted by Crippen LogP contribution is -2.11. The molecule has 0 amide bonds. The summed E-state index contributed by atoms with van der Waals surface area (Å²) < 4.78 is 1.71. The molecule has 2 N–H and O–H groups in total. The van der Waals surface area contributed by atoms with E-state index in [0.717, 1.165) is 29.8 Å². The lowest BCUT2D eigenvalue weighted by Gasteiger charge is -2.23. The van der Waals surface area contributed by atoms with E-state index in [9.17, 15) is 5.26 Å². The monoisotopic (exact) mass is 252 g/mol. The molecular weight excluding hydrogens is 236 g/mol. The van der Waals surface area contributed by atoms with Gasteiger partial charge in [-0.2, -0.15) is 10.4 Å². The van der Waals surface area contributed by atoms with E-state index in [4.69, 9.17) is 5.73 Å². The number of nitrogens with zero attached hydrogens (tertiary/aromatic N) is 3. The highest BCUT2D eigenvalue weighted by Gasteiger charge is 2.28. The second-order valence-electron chi connectivity index (χ2n) is 5.08. The van der Waals surface area contributed by atoms with Gasteiger partial charge in [0.25, 0.3) is 0 Å². The molecule has 1 aliphatic rings. The first kappa shape index (κ1) is 11.8. The van der Waals surface area contributed by atoms with Crippen LogP contribution in [0.3, 0.4) is 0 Å². The number of rotatable bonds is 2. The van der Waals surface area contributed by atoms with Crippen LogP contribution in [0.25, 0.3) is 5.69 Å². The Morgan fingerprint density at radius 2 is 2.11 bits per heavy atom. The smallest absolute Gasteiger partial charge is 0.145 e. The molecule has 4 nitrogen and oxygen atoms in total. The third kappa shape index (κ3) is 1.78. The fourth-order valence-electron chi connectivity index (χ4n) is 2.52. The van der Waals surface area contributed by atoms with Crippen LogP contribution in [0.5, 0.6) is 0 Å². The molecule has 4 heteroatoms. The van der Waals surface area contributed by atoms with Gasteiger partial charge in [0, 0.05) is 5.92 Å². The number of nitriles is 1. The zero-order chi connectivity index (χ0) is 13.4. The van der Waals surface area contributed by atoms with Gasteiger partial charge in [0.2, 0.25) is 0 Å². The Kier molecular flexibility index (Phi) is 2.75. The van der Waals surface area contributed by atoms with Crippen LogP contribution in [-0.2, 0) is 0 Å². The van der Waals surface area contributed by atoms with Gasteiger partial charge in [0.05, 0.1) is 11.4 Å². The highest BCUT2D eigenvalue weighted by molar-refractivity contribution is 5.58. The van der Waals surface area contributed by atoms with Crippen molar-refractivity contribution in [2.75, 3.05) is 5.73 Å². The Balaban J connectivity index is 2.15. The van der Waals surface area contributed by atoms with Gasteiger partial charge in [-0.05, 0) is 31.4 Å². The average molecular weight is 252 g/mol. The maximum atomic E-state index is 9.31. The Labute approximate surface area is 112 Å². The van der Waals surface area contributed by atoms with Crippen LogP contribution < -0.4 is 5.73 Å². The van der Waals surface area contributed by atoms with Gasteiger partial charge in [0.1, 0.15) is 17.5 Å². The van der Waals surface area contributed by atoms with E-state index in [1.54, 1.807) is 4.68 Å². The molecule has 0 spiro atoms. The summed E-state index contributed by atoms with van der Waals surface area (Å²) in [6.45, 7) is 2.02. The van der Waals surface area contributed by atoms with E-state index >= 15 is 0 Å². The summed E-state index contributed by atoms with van der Waals surface area (Å²) in [6, 6.07) is 10.1. The Morgan fingerprint density at radius 3 is 2.68 bits per heavy atom. The number of para-hydroxylation sites is 1. The minimum Gasteiger partial charge on any atom is -0.382 e. The van der Waals surface area contributed by atoms with E-state index in [0.29, 0.717) is 17.3 Å². The van der Waals surface area contributed by atoms with Gasteiger partial charge in [-0.1, -0.05) is 24.6 Å². The quantitative estimate of drug-likeness (QED) is 0.893. The zero-order valence-electron chi connectivity index (χ0n) is 10.9. The molecule has 0 aliphatic heterocycles. The highest BCUT2D eigenvalue weighted by atomic mass is 15.3. The maximum Gasteiger partial charge on any atom is 0.145 e. The normalized spacial score (nSPS) is 14.9. The summed E-state index contributed by atoms with van der Waals surface area (Å²) in [7, 11) is 0. The maximum absolute atomic E-state index is 9.31. The van der Waals surface area contributed by atoms with Crippen LogP contribution in [0.1, 0.15) is 42.0 Å². The van der Waals surface area contributed by atoms with Crippen LogP contribution >= 0.6 is 0 Å². The average Bonchev–Trinajstić information content (AvgIpc) is 2.65. The molecular formula is C15H16N4. The van der Waals surface area contributed by atoms with Crippen LogP contribution in [0.2, 0.25) is 0 Å². The summed E-state index contributed by atoms with van der Waals surface area (Å²) in [6.07, 6.45) is 3.43. The van der Waals surface area contributed by atoms with E-state index in [1.807, 2.05) is 31.2 Å². The first-order valence-corrected chi connectivity index (χ1v) is 6.57. The Bertz CT molecular complexity index is 659. The molecule has 0 unspecified atom stereocenters. The number of hydrogen-bond acceptors (Lipinski definition) is 3. The minimum atomic E-state index is 0.405. The molecule has 0 bridgehead atoms. The zero-order valence-corrected chi connectivity index (χ0v) is 10.9. The molecule has 2 aromatic rings. The third-order valence-electron chi connectivity index (χ3n) is 3.90. The molecule has 1 saturated carbocycles. The summed E-state index contributed by atoms with van der Waals surface area (Å²) >= 11 is 0. The number of anilines is 1. The van der Waals surface area contributed by atoms with Gasteiger partial charge < -0.3 is 5.73 Å². The summed E-state index contributed by atoms with van der Waals surface area (Å²) in [5, 5.41) is 13.9. The van der Waals surface area contributed by atoms with Crippen molar-refractivity contribution in [1.29, 1.82) is 5.26 Å². The minimum absolute atomic E-state index is 0.405. The number of hydrogen-bond donors (Lipinski definition) is 1. The first-order valence-electron chi connectivity index (χ1n) is 6.57. The van der Waals surface area contributed by atoms with Crippen molar-refractivity contribution in [3.05, 3.63) is 41.1 Å². The molecule has 1 heterocycles. The van der Waals surface area contributed by atoms with Gasteiger partial charge >= 0.3 is 0 Å². The van der Waals surface area contributed by atoms with Gasteiger partial charge in [-0.15, -0.1) is 0 Å². The Morgan fingerprint density at radius 1 is 1.37 bits per heavy atom. The van der Waals surface area contributed by atoms with Crippen molar-refractivity contribution < 1.29 is 0 Å². The van der Waals surface area contributed by atoms with Gasteiger partial charge in [-0.25, -0.2) is 4.68 Å². The molecule has 1 aromatic carbocycles. The topological polar surface area (TPSA) is 67.6 Å². The van der Waals surface area contributed by atoms with Crippen molar-refractivity contribution in [2.24, 2.45) is 0 Å². The molecule has 1 aliphatic carbocycles. The number of aryl methyl sites for hydroxylation is 1. The van der Waals surface area contributed by atoms with Gasteiger partial charge in [-0.3, -0.25) is 0 Å². The van der Waals surface area contributed by atoms with Gasteiger partial charge in [0.15, 0.2) is 0 Å². The molecule has 0 saturated heterocycles. The highest BCUT2D eigenvalue weighted by Crippen LogP contribution is 2.39. The van der Waals surface area contributed by atoms with Crippen molar-refractivity contribution in [3.8, 4) is 11.8 Å². The summed E-state index contributed by atoms with van der Waals surface area (Å²) in [5.74, 6) is 0.862. The van der Waals surface area contributed by atoms with Crippen molar-refractivity contribution in [2.45, 2.75) is 32.1 Å². The van der Waals surface area contributed by atoms with Crippen LogP contribution in [0, 0.1) is 18.3 Å². The largest absolute Gasteiger partial charge is 0.382 e.